The lowest BCUT2D eigenvalue weighted by Crippen LogP contribution is -2.46. The number of carbonyl (C=O) groups excluding carboxylic acids is 1. The van der Waals surface area contributed by atoms with Crippen molar-refractivity contribution in [3.8, 4) is 0 Å². The molecule has 0 radical (unpaired) electrons. The molecule has 0 atom stereocenters. The van der Waals surface area contributed by atoms with Crippen LogP contribution in [0.25, 0.3) is 0 Å². The van der Waals surface area contributed by atoms with E-state index in [0.29, 0.717) is 18.4 Å². The zero-order valence-corrected chi connectivity index (χ0v) is 8.92. The topological polar surface area (TPSA) is 91.5 Å². The van der Waals surface area contributed by atoms with Crippen molar-refractivity contribution < 1.29 is 4.79 Å². The van der Waals surface area contributed by atoms with Crippen molar-refractivity contribution in [1.82, 2.24) is 16.1 Å². The third-order valence-electron chi connectivity index (χ3n) is 1.48. The number of guanidine groups is 1. The standard InChI is InChI=1S/C8H19N5O/c1-6(2)4-11-7(14)5-12-8(10-3)13-9/h6H,4-5,9H2,1-3H3,(H,11,14)(H2,10,12,13). The summed E-state index contributed by atoms with van der Waals surface area (Å²) in [5.74, 6) is 5.89. The van der Waals surface area contributed by atoms with E-state index in [0.717, 1.165) is 0 Å². The van der Waals surface area contributed by atoms with E-state index >= 15 is 0 Å². The summed E-state index contributed by atoms with van der Waals surface area (Å²) in [4.78, 5) is 14.9. The number of nitrogens with two attached hydrogens (primary N) is 1. The minimum absolute atomic E-state index is 0.0740. The van der Waals surface area contributed by atoms with Crippen LogP contribution < -0.4 is 21.9 Å². The summed E-state index contributed by atoms with van der Waals surface area (Å²) in [5.41, 5.74) is 2.33. The van der Waals surface area contributed by atoms with E-state index in [4.69, 9.17) is 5.84 Å². The number of carbonyl (C=O) groups is 1. The molecule has 0 spiro atoms. The van der Waals surface area contributed by atoms with E-state index in [1.807, 2.05) is 13.8 Å². The van der Waals surface area contributed by atoms with E-state index in [2.05, 4.69) is 21.1 Å². The Morgan fingerprint density at radius 2 is 2.07 bits per heavy atom. The molecule has 82 valence electrons. The Morgan fingerprint density at radius 3 is 2.50 bits per heavy atom. The fourth-order valence-electron chi connectivity index (χ4n) is 0.739. The monoisotopic (exact) mass is 201 g/mol. The van der Waals surface area contributed by atoms with Gasteiger partial charge in [-0.1, -0.05) is 13.8 Å². The quantitative estimate of drug-likeness (QED) is 0.199. The second kappa shape index (κ2) is 7.14. The van der Waals surface area contributed by atoms with E-state index in [1.54, 1.807) is 7.05 Å². The third-order valence-corrected chi connectivity index (χ3v) is 1.48. The molecule has 0 fully saturated rings. The number of nitrogens with zero attached hydrogens (tertiary/aromatic N) is 1. The first-order chi connectivity index (χ1) is 6.60. The molecule has 6 nitrogen and oxygen atoms in total. The van der Waals surface area contributed by atoms with Gasteiger partial charge in [-0.25, -0.2) is 5.84 Å². The number of rotatable bonds is 4. The van der Waals surface area contributed by atoms with Gasteiger partial charge in [0, 0.05) is 13.6 Å². The zero-order chi connectivity index (χ0) is 11.0. The van der Waals surface area contributed by atoms with Gasteiger partial charge in [-0.05, 0) is 5.92 Å². The second-order valence-electron chi connectivity index (χ2n) is 3.27. The maximum atomic E-state index is 11.2. The van der Waals surface area contributed by atoms with Crippen molar-refractivity contribution in [3.05, 3.63) is 0 Å². The lowest BCUT2D eigenvalue weighted by Gasteiger charge is -2.09. The molecule has 0 aliphatic heterocycles. The first-order valence-corrected chi connectivity index (χ1v) is 4.54. The minimum atomic E-state index is -0.0740. The molecule has 0 bridgehead atoms. The van der Waals surface area contributed by atoms with E-state index < -0.39 is 0 Å². The highest BCUT2D eigenvalue weighted by Crippen LogP contribution is 1.85. The van der Waals surface area contributed by atoms with Gasteiger partial charge >= 0.3 is 0 Å². The number of nitrogens with one attached hydrogen (secondary N) is 3. The van der Waals surface area contributed by atoms with E-state index in [9.17, 15) is 4.79 Å². The first kappa shape index (κ1) is 12.7. The highest BCUT2D eigenvalue weighted by molar-refractivity contribution is 5.85. The number of hydrogen-bond acceptors (Lipinski definition) is 3. The third kappa shape index (κ3) is 6.24. The summed E-state index contributed by atoms with van der Waals surface area (Å²) >= 11 is 0. The smallest absolute Gasteiger partial charge is 0.239 e. The molecule has 0 aromatic rings. The van der Waals surface area contributed by atoms with Crippen LogP contribution in [0.4, 0.5) is 0 Å². The zero-order valence-electron chi connectivity index (χ0n) is 8.92. The number of hydrogen-bond donors (Lipinski definition) is 4. The minimum Gasteiger partial charge on any atom is -0.354 e. The molecule has 0 aromatic carbocycles. The molecule has 0 rings (SSSR count). The Hall–Kier alpha value is -1.30. The van der Waals surface area contributed by atoms with E-state index in [1.165, 1.54) is 0 Å². The van der Waals surface area contributed by atoms with Crippen LogP contribution in [0.15, 0.2) is 4.99 Å². The van der Waals surface area contributed by atoms with Gasteiger partial charge in [0.1, 0.15) is 0 Å². The lowest BCUT2D eigenvalue weighted by atomic mass is 10.2. The molecular weight excluding hydrogens is 182 g/mol. The maximum absolute atomic E-state index is 11.2. The Kier molecular flexibility index (Phi) is 6.47. The molecule has 0 aliphatic rings. The van der Waals surface area contributed by atoms with Crippen LogP contribution in [-0.4, -0.2) is 32.0 Å². The molecule has 0 saturated carbocycles. The molecule has 14 heavy (non-hydrogen) atoms. The van der Waals surface area contributed by atoms with Gasteiger partial charge in [-0.2, -0.15) is 0 Å². The molecular formula is C8H19N5O. The van der Waals surface area contributed by atoms with Gasteiger partial charge in [-0.15, -0.1) is 0 Å². The summed E-state index contributed by atoms with van der Waals surface area (Å²) in [6.07, 6.45) is 0. The van der Waals surface area contributed by atoms with Crippen LogP contribution in [0.2, 0.25) is 0 Å². The Morgan fingerprint density at radius 1 is 1.43 bits per heavy atom. The Bertz CT molecular complexity index is 202. The van der Waals surface area contributed by atoms with Crippen LogP contribution in [0.1, 0.15) is 13.8 Å². The van der Waals surface area contributed by atoms with Crippen molar-refractivity contribution >= 4 is 11.9 Å². The molecule has 5 N–H and O–H groups in total. The molecule has 0 saturated heterocycles. The number of amides is 1. The summed E-state index contributed by atoms with van der Waals surface area (Å²) in [5, 5.41) is 5.51. The fraction of sp³-hybridized carbons (Fsp3) is 0.750. The van der Waals surface area contributed by atoms with Gasteiger partial charge in [0.15, 0.2) is 0 Å². The van der Waals surface area contributed by atoms with Gasteiger partial charge in [0.2, 0.25) is 11.9 Å². The average molecular weight is 201 g/mol. The summed E-state index contributed by atoms with van der Waals surface area (Å²) in [6.45, 7) is 4.92. The fourth-order valence-corrected chi connectivity index (χ4v) is 0.739. The molecule has 0 aliphatic carbocycles. The summed E-state index contributed by atoms with van der Waals surface area (Å²) in [6, 6.07) is 0. The number of hydrazine groups is 1. The van der Waals surface area contributed by atoms with Gasteiger partial charge in [0.05, 0.1) is 6.54 Å². The predicted octanol–water partition coefficient (Wildman–Crippen LogP) is -1.20. The van der Waals surface area contributed by atoms with Crippen molar-refractivity contribution in [2.75, 3.05) is 20.1 Å². The van der Waals surface area contributed by atoms with Gasteiger partial charge < -0.3 is 10.6 Å². The molecule has 0 heterocycles. The van der Waals surface area contributed by atoms with Crippen molar-refractivity contribution in [2.45, 2.75) is 13.8 Å². The molecule has 0 unspecified atom stereocenters. The Balaban J connectivity index is 3.63. The second-order valence-corrected chi connectivity index (χ2v) is 3.27. The maximum Gasteiger partial charge on any atom is 0.239 e. The molecule has 1 amide bonds. The van der Waals surface area contributed by atoms with Crippen LogP contribution in [0, 0.1) is 5.92 Å². The van der Waals surface area contributed by atoms with Crippen LogP contribution in [-0.2, 0) is 4.79 Å². The normalized spacial score (nSPS) is 11.4. The highest BCUT2D eigenvalue weighted by atomic mass is 16.1. The van der Waals surface area contributed by atoms with Crippen molar-refractivity contribution in [3.63, 3.8) is 0 Å². The highest BCUT2D eigenvalue weighted by Gasteiger charge is 2.02. The molecule has 6 heteroatoms. The van der Waals surface area contributed by atoms with Crippen LogP contribution in [0.5, 0.6) is 0 Å². The average Bonchev–Trinajstić information content (AvgIpc) is 2.16. The largest absolute Gasteiger partial charge is 0.354 e. The SMILES string of the molecule is CN=C(NN)NCC(=O)NCC(C)C. The van der Waals surface area contributed by atoms with E-state index in [-0.39, 0.29) is 12.5 Å². The van der Waals surface area contributed by atoms with Gasteiger partial charge in [0.25, 0.3) is 0 Å². The molecule has 0 aromatic heterocycles. The Labute approximate surface area is 84.3 Å². The lowest BCUT2D eigenvalue weighted by molar-refractivity contribution is -0.120. The summed E-state index contributed by atoms with van der Waals surface area (Å²) in [7, 11) is 1.58. The summed E-state index contributed by atoms with van der Waals surface area (Å²) < 4.78 is 0. The van der Waals surface area contributed by atoms with Crippen molar-refractivity contribution in [1.29, 1.82) is 0 Å². The van der Waals surface area contributed by atoms with Gasteiger partial charge in [-0.3, -0.25) is 15.2 Å². The first-order valence-electron chi connectivity index (χ1n) is 4.54. The van der Waals surface area contributed by atoms with Crippen LogP contribution >= 0.6 is 0 Å². The van der Waals surface area contributed by atoms with Crippen molar-refractivity contribution in [2.24, 2.45) is 16.8 Å². The van der Waals surface area contributed by atoms with Crippen LogP contribution in [0.3, 0.4) is 0 Å². The predicted molar refractivity (Wildman–Crippen MR) is 56.5 cm³/mol. The number of aliphatic imine (C=N–C) groups is 1.